The summed E-state index contributed by atoms with van der Waals surface area (Å²) >= 11 is 0. The molecule has 0 aliphatic heterocycles. The minimum atomic E-state index is -1.21. The van der Waals surface area contributed by atoms with Gasteiger partial charge in [0.2, 0.25) is 6.54 Å². The SMILES string of the molecule is CC(=O)C(CCC[N+](=O)[O-])C(=O)O. The molecule has 0 aliphatic rings. The van der Waals surface area contributed by atoms with Crippen LogP contribution in [0.3, 0.4) is 0 Å². The first-order chi connectivity index (χ1) is 5.95. The number of hydrogen-bond acceptors (Lipinski definition) is 4. The van der Waals surface area contributed by atoms with Crippen molar-refractivity contribution in [1.82, 2.24) is 0 Å². The molecule has 0 amide bonds. The molecule has 0 radical (unpaired) electrons. The molecule has 0 heterocycles. The second-order valence-corrected chi connectivity index (χ2v) is 2.70. The predicted molar refractivity (Wildman–Crippen MR) is 42.9 cm³/mol. The van der Waals surface area contributed by atoms with Crippen molar-refractivity contribution in [2.75, 3.05) is 6.54 Å². The summed E-state index contributed by atoms with van der Waals surface area (Å²) in [6.45, 7) is 0.877. The zero-order chi connectivity index (χ0) is 10.4. The van der Waals surface area contributed by atoms with Gasteiger partial charge < -0.3 is 5.11 Å². The molecule has 0 aromatic rings. The van der Waals surface area contributed by atoms with E-state index >= 15 is 0 Å². The highest BCUT2D eigenvalue weighted by molar-refractivity contribution is 5.96. The van der Waals surface area contributed by atoms with E-state index in [1.165, 1.54) is 6.92 Å². The lowest BCUT2D eigenvalue weighted by Gasteiger charge is -2.05. The van der Waals surface area contributed by atoms with Gasteiger partial charge >= 0.3 is 5.97 Å². The summed E-state index contributed by atoms with van der Waals surface area (Å²) in [6, 6.07) is 0. The number of ketones is 1. The van der Waals surface area contributed by atoms with Crippen LogP contribution < -0.4 is 0 Å². The normalized spacial score (nSPS) is 12.1. The maximum Gasteiger partial charge on any atom is 0.314 e. The number of carboxylic acid groups (broad SMARTS) is 1. The van der Waals surface area contributed by atoms with E-state index in [-0.39, 0.29) is 19.4 Å². The number of carbonyl (C=O) groups excluding carboxylic acids is 1. The highest BCUT2D eigenvalue weighted by Crippen LogP contribution is 2.07. The van der Waals surface area contributed by atoms with E-state index in [4.69, 9.17) is 5.11 Å². The Morgan fingerprint density at radius 2 is 2.08 bits per heavy atom. The topological polar surface area (TPSA) is 97.5 Å². The van der Waals surface area contributed by atoms with Gasteiger partial charge in [0, 0.05) is 11.3 Å². The number of nitrogens with zero attached hydrogens (tertiary/aromatic N) is 1. The number of hydrogen-bond donors (Lipinski definition) is 1. The molecule has 0 aromatic heterocycles. The van der Waals surface area contributed by atoms with E-state index in [1.807, 2.05) is 0 Å². The molecule has 0 bridgehead atoms. The first-order valence-electron chi connectivity index (χ1n) is 3.80. The van der Waals surface area contributed by atoms with Gasteiger partial charge in [-0.25, -0.2) is 0 Å². The van der Waals surface area contributed by atoms with Crippen molar-refractivity contribution in [2.24, 2.45) is 5.92 Å². The molecule has 0 spiro atoms. The predicted octanol–water partition coefficient (Wildman–Crippen LogP) is 0.333. The Hall–Kier alpha value is -1.46. The van der Waals surface area contributed by atoms with Crippen LogP contribution in [0.15, 0.2) is 0 Å². The van der Waals surface area contributed by atoms with Crippen LogP contribution in [0.1, 0.15) is 19.8 Å². The van der Waals surface area contributed by atoms with Crippen LogP contribution in [-0.4, -0.2) is 28.3 Å². The molecule has 1 unspecified atom stereocenters. The van der Waals surface area contributed by atoms with Gasteiger partial charge in [0.1, 0.15) is 11.7 Å². The Kier molecular flexibility index (Phi) is 4.64. The first-order valence-corrected chi connectivity index (χ1v) is 3.80. The zero-order valence-corrected chi connectivity index (χ0v) is 7.23. The summed E-state index contributed by atoms with van der Waals surface area (Å²) in [4.78, 5) is 30.5. The van der Waals surface area contributed by atoms with Crippen LogP contribution in [0.2, 0.25) is 0 Å². The van der Waals surface area contributed by atoms with Crippen molar-refractivity contribution in [2.45, 2.75) is 19.8 Å². The molecule has 74 valence electrons. The van der Waals surface area contributed by atoms with E-state index in [9.17, 15) is 19.7 Å². The number of carboxylic acids is 1. The fourth-order valence-electron chi connectivity index (χ4n) is 0.925. The highest BCUT2D eigenvalue weighted by atomic mass is 16.6. The van der Waals surface area contributed by atoms with Crippen LogP contribution in [0, 0.1) is 16.0 Å². The van der Waals surface area contributed by atoms with E-state index in [1.54, 1.807) is 0 Å². The third kappa shape index (κ3) is 4.89. The smallest absolute Gasteiger partial charge is 0.314 e. The number of rotatable bonds is 6. The van der Waals surface area contributed by atoms with E-state index < -0.39 is 22.6 Å². The van der Waals surface area contributed by atoms with E-state index in [2.05, 4.69) is 0 Å². The highest BCUT2D eigenvalue weighted by Gasteiger charge is 2.22. The summed E-state index contributed by atoms with van der Waals surface area (Å²) in [5.74, 6) is -2.77. The second kappa shape index (κ2) is 5.23. The average molecular weight is 189 g/mol. The van der Waals surface area contributed by atoms with Gasteiger partial charge in [-0.05, 0) is 13.3 Å². The molecular formula is C7H11NO5. The fraction of sp³-hybridized carbons (Fsp3) is 0.714. The van der Waals surface area contributed by atoms with Crippen molar-refractivity contribution in [3.8, 4) is 0 Å². The van der Waals surface area contributed by atoms with Crippen LogP contribution in [0.25, 0.3) is 0 Å². The second-order valence-electron chi connectivity index (χ2n) is 2.70. The van der Waals surface area contributed by atoms with E-state index in [0.29, 0.717) is 0 Å². The molecule has 0 aromatic carbocycles. The minimum absolute atomic E-state index is 0.0334. The standard InChI is InChI=1S/C7H11NO5/c1-5(9)6(7(10)11)3-2-4-8(12)13/h6H,2-4H2,1H3,(H,10,11). The summed E-state index contributed by atoms with van der Waals surface area (Å²) in [5.41, 5.74) is 0. The minimum Gasteiger partial charge on any atom is -0.481 e. The summed E-state index contributed by atoms with van der Waals surface area (Å²) in [7, 11) is 0. The lowest BCUT2D eigenvalue weighted by Crippen LogP contribution is -2.22. The van der Waals surface area contributed by atoms with Gasteiger partial charge in [-0.2, -0.15) is 0 Å². The molecule has 6 nitrogen and oxygen atoms in total. The molecule has 1 atom stereocenters. The number of carbonyl (C=O) groups is 2. The molecule has 0 saturated heterocycles. The van der Waals surface area contributed by atoms with Gasteiger partial charge in [-0.3, -0.25) is 19.7 Å². The van der Waals surface area contributed by atoms with Crippen molar-refractivity contribution >= 4 is 11.8 Å². The van der Waals surface area contributed by atoms with Crippen LogP contribution in [0.5, 0.6) is 0 Å². The molecule has 0 fully saturated rings. The Balaban J connectivity index is 3.91. The lowest BCUT2D eigenvalue weighted by molar-refractivity contribution is -0.480. The molecule has 1 N–H and O–H groups in total. The summed E-state index contributed by atoms with van der Waals surface area (Å²) in [5, 5.41) is 18.4. The number of Topliss-reactive ketones (excluding diaryl/α,β-unsaturated/α-hetero) is 1. The van der Waals surface area contributed by atoms with E-state index in [0.717, 1.165) is 0 Å². The number of nitro groups is 1. The maximum absolute atomic E-state index is 10.7. The van der Waals surface area contributed by atoms with Crippen molar-refractivity contribution in [3.05, 3.63) is 10.1 Å². The Morgan fingerprint density at radius 1 is 1.54 bits per heavy atom. The van der Waals surface area contributed by atoms with Gasteiger partial charge in [-0.1, -0.05) is 0 Å². The summed E-state index contributed by atoms with van der Waals surface area (Å²) in [6.07, 6.45) is 0.148. The zero-order valence-electron chi connectivity index (χ0n) is 7.23. The number of aliphatic carboxylic acids is 1. The monoisotopic (exact) mass is 189 g/mol. The maximum atomic E-state index is 10.7. The van der Waals surface area contributed by atoms with Crippen molar-refractivity contribution in [3.63, 3.8) is 0 Å². The molecule has 13 heavy (non-hydrogen) atoms. The van der Waals surface area contributed by atoms with Gasteiger partial charge in [0.15, 0.2) is 0 Å². The Morgan fingerprint density at radius 3 is 2.38 bits per heavy atom. The van der Waals surface area contributed by atoms with Gasteiger partial charge in [0.25, 0.3) is 0 Å². The average Bonchev–Trinajstić information content (AvgIpc) is 1.95. The third-order valence-electron chi connectivity index (χ3n) is 1.62. The van der Waals surface area contributed by atoms with Gasteiger partial charge in [0.05, 0.1) is 0 Å². The summed E-state index contributed by atoms with van der Waals surface area (Å²) < 4.78 is 0. The largest absolute Gasteiger partial charge is 0.481 e. The Bertz CT molecular complexity index is 211. The molecular weight excluding hydrogens is 178 g/mol. The first kappa shape index (κ1) is 11.5. The quantitative estimate of drug-likeness (QED) is 0.369. The molecule has 6 heteroatoms. The Labute approximate surface area is 74.7 Å². The van der Waals surface area contributed by atoms with Crippen LogP contribution in [-0.2, 0) is 9.59 Å². The molecule has 0 aliphatic carbocycles. The van der Waals surface area contributed by atoms with Crippen LogP contribution in [0.4, 0.5) is 0 Å². The van der Waals surface area contributed by atoms with Crippen molar-refractivity contribution in [1.29, 1.82) is 0 Å². The molecule has 0 rings (SSSR count). The third-order valence-corrected chi connectivity index (χ3v) is 1.62. The van der Waals surface area contributed by atoms with Gasteiger partial charge in [-0.15, -0.1) is 0 Å². The lowest BCUT2D eigenvalue weighted by atomic mass is 10.00. The van der Waals surface area contributed by atoms with Crippen molar-refractivity contribution < 1.29 is 19.6 Å². The molecule has 0 saturated carbocycles. The van der Waals surface area contributed by atoms with Crippen LogP contribution >= 0.6 is 0 Å². The fourth-order valence-corrected chi connectivity index (χ4v) is 0.925.